The average molecular weight is 205 g/mol. The zero-order valence-electron chi connectivity index (χ0n) is 8.91. The normalized spacial score (nSPS) is 13.5. The maximum atomic E-state index is 11.2. The van der Waals surface area contributed by atoms with Gasteiger partial charge < -0.3 is 20.3 Å². The lowest BCUT2D eigenvalue weighted by Crippen LogP contribution is -2.41. The fourth-order valence-electron chi connectivity index (χ4n) is 0.839. The number of ether oxygens (including phenoxy) is 1. The molecule has 3 N–H and O–H groups in total. The number of hydrogen-bond donors (Lipinski definition) is 3. The molecule has 1 atom stereocenters. The number of aliphatic hydroxyl groups excluding tert-OH is 2. The summed E-state index contributed by atoms with van der Waals surface area (Å²) in [6.45, 7) is 4.98. The van der Waals surface area contributed by atoms with E-state index >= 15 is 0 Å². The third-order valence-electron chi connectivity index (χ3n) is 1.42. The Morgan fingerprint density at radius 3 is 2.36 bits per heavy atom. The number of hydrogen-bond acceptors (Lipinski definition) is 4. The number of rotatable bonds is 4. The summed E-state index contributed by atoms with van der Waals surface area (Å²) in [5.74, 6) is 0. The molecule has 0 spiro atoms. The van der Waals surface area contributed by atoms with Crippen molar-refractivity contribution < 1.29 is 19.7 Å². The molecule has 0 heterocycles. The van der Waals surface area contributed by atoms with Crippen LogP contribution in [-0.4, -0.2) is 41.2 Å². The summed E-state index contributed by atoms with van der Waals surface area (Å²) in [7, 11) is 0. The van der Waals surface area contributed by atoms with Crippen molar-refractivity contribution in [2.75, 3.05) is 13.2 Å². The predicted molar refractivity (Wildman–Crippen MR) is 51.9 cm³/mol. The van der Waals surface area contributed by atoms with Gasteiger partial charge in [0.15, 0.2) is 0 Å². The smallest absolute Gasteiger partial charge is 0.407 e. The molecule has 0 aliphatic rings. The monoisotopic (exact) mass is 205 g/mol. The van der Waals surface area contributed by atoms with Crippen LogP contribution in [-0.2, 0) is 4.74 Å². The lowest BCUT2D eigenvalue weighted by atomic mass is 10.2. The molecule has 84 valence electrons. The molecule has 1 amide bonds. The summed E-state index contributed by atoms with van der Waals surface area (Å²) in [6.07, 6.45) is -0.263. The average Bonchev–Trinajstić information content (AvgIpc) is 2.00. The summed E-state index contributed by atoms with van der Waals surface area (Å²) in [6, 6.07) is -0.449. The molecular weight excluding hydrogens is 186 g/mol. The molecule has 0 saturated carbocycles. The maximum Gasteiger partial charge on any atom is 0.407 e. The first kappa shape index (κ1) is 13.2. The summed E-state index contributed by atoms with van der Waals surface area (Å²) in [5, 5.41) is 19.9. The Labute approximate surface area is 84.1 Å². The Morgan fingerprint density at radius 1 is 1.43 bits per heavy atom. The van der Waals surface area contributed by atoms with E-state index in [9.17, 15) is 4.79 Å². The fraction of sp³-hybridized carbons (Fsp3) is 0.889. The SMILES string of the molecule is CC(C)(C)OC(=O)N[C@H](CO)CCO. The Bertz CT molecular complexity index is 176. The molecule has 0 aliphatic heterocycles. The van der Waals surface area contributed by atoms with Crippen LogP contribution >= 0.6 is 0 Å². The molecule has 0 aliphatic carbocycles. The molecule has 0 radical (unpaired) electrons. The summed E-state index contributed by atoms with van der Waals surface area (Å²) in [5.41, 5.74) is -0.552. The van der Waals surface area contributed by atoms with Crippen LogP contribution in [0.15, 0.2) is 0 Å². The molecular formula is C9H19NO4. The van der Waals surface area contributed by atoms with E-state index in [1.165, 1.54) is 0 Å². The highest BCUT2D eigenvalue weighted by Gasteiger charge is 2.18. The topological polar surface area (TPSA) is 78.8 Å². The summed E-state index contributed by atoms with van der Waals surface area (Å²) < 4.78 is 4.97. The molecule has 0 unspecified atom stereocenters. The zero-order valence-corrected chi connectivity index (χ0v) is 8.91. The molecule has 0 fully saturated rings. The zero-order chi connectivity index (χ0) is 11.2. The Kier molecular flexibility index (Phi) is 5.49. The number of carbonyl (C=O) groups excluding carboxylic acids is 1. The van der Waals surface area contributed by atoms with Crippen LogP contribution < -0.4 is 5.32 Å². The van der Waals surface area contributed by atoms with Crippen molar-refractivity contribution in [1.82, 2.24) is 5.32 Å². The minimum absolute atomic E-state index is 0.0823. The van der Waals surface area contributed by atoms with E-state index in [1.807, 2.05) is 0 Å². The van der Waals surface area contributed by atoms with Gasteiger partial charge in [0.25, 0.3) is 0 Å². The largest absolute Gasteiger partial charge is 0.444 e. The van der Waals surface area contributed by atoms with Crippen LogP contribution in [0.1, 0.15) is 27.2 Å². The van der Waals surface area contributed by atoms with Gasteiger partial charge in [0.05, 0.1) is 12.6 Å². The highest BCUT2D eigenvalue weighted by Crippen LogP contribution is 2.06. The molecule has 5 heteroatoms. The molecule has 5 nitrogen and oxygen atoms in total. The minimum Gasteiger partial charge on any atom is -0.444 e. The number of nitrogens with one attached hydrogen (secondary N) is 1. The fourth-order valence-corrected chi connectivity index (χ4v) is 0.839. The van der Waals surface area contributed by atoms with Gasteiger partial charge in [-0.25, -0.2) is 4.79 Å². The number of alkyl carbamates (subject to hydrolysis) is 1. The third kappa shape index (κ3) is 6.68. The van der Waals surface area contributed by atoms with Crippen LogP contribution in [0.25, 0.3) is 0 Å². The van der Waals surface area contributed by atoms with Crippen molar-refractivity contribution in [3.05, 3.63) is 0 Å². The molecule has 0 bridgehead atoms. The highest BCUT2D eigenvalue weighted by molar-refractivity contribution is 5.68. The lowest BCUT2D eigenvalue weighted by molar-refractivity contribution is 0.0472. The van der Waals surface area contributed by atoms with Gasteiger partial charge in [-0.3, -0.25) is 0 Å². The van der Waals surface area contributed by atoms with Gasteiger partial charge in [-0.2, -0.15) is 0 Å². The Balaban J connectivity index is 3.91. The van der Waals surface area contributed by atoms with E-state index < -0.39 is 17.7 Å². The van der Waals surface area contributed by atoms with Gasteiger partial charge in [-0.1, -0.05) is 0 Å². The number of amides is 1. The maximum absolute atomic E-state index is 11.2. The summed E-state index contributed by atoms with van der Waals surface area (Å²) in [4.78, 5) is 11.2. The quantitative estimate of drug-likeness (QED) is 0.615. The summed E-state index contributed by atoms with van der Waals surface area (Å²) >= 11 is 0. The van der Waals surface area contributed by atoms with Crippen molar-refractivity contribution >= 4 is 6.09 Å². The Hall–Kier alpha value is -0.810. The van der Waals surface area contributed by atoms with Crippen molar-refractivity contribution in [1.29, 1.82) is 0 Å². The van der Waals surface area contributed by atoms with E-state index in [2.05, 4.69) is 5.32 Å². The second kappa shape index (κ2) is 5.82. The van der Waals surface area contributed by atoms with Gasteiger partial charge in [-0.05, 0) is 27.2 Å². The van der Waals surface area contributed by atoms with Crippen molar-refractivity contribution in [2.24, 2.45) is 0 Å². The predicted octanol–water partition coefficient (Wildman–Crippen LogP) is 0.254. The van der Waals surface area contributed by atoms with Crippen LogP contribution in [0.5, 0.6) is 0 Å². The molecule has 0 saturated heterocycles. The minimum atomic E-state index is -0.579. The van der Waals surface area contributed by atoms with E-state index in [0.717, 1.165) is 0 Å². The molecule has 0 rings (SSSR count). The second-order valence-corrected chi connectivity index (χ2v) is 4.04. The number of aliphatic hydroxyl groups is 2. The van der Waals surface area contributed by atoms with E-state index in [0.29, 0.717) is 6.42 Å². The first-order valence-electron chi connectivity index (χ1n) is 4.60. The molecule has 0 aromatic rings. The molecule has 0 aromatic heterocycles. The molecule has 0 aromatic carbocycles. The Morgan fingerprint density at radius 2 is 2.00 bits per heavy atom. The van der Waals surface area contributed by atoms with Gasteiger partial charge in [0, 0.05) is 6.61 Å². The first-order chi connectivity index (χ1) is 6.39. The standard InChI is InChI=1S/C9H19NO4/c1-9(2,3)14-8(13)10-7(6-12)4-5-11/h7,11-12H,4-6H2,1-3H3,(H,10,13)/t7-/m0/s1. The first-order valence-corrected chi connectivity index (χ1v) is 4.60. The van der Waals surface area contributed by atoms with Crippen molar-refractivity contribution in [3.63, 3.8) is 0 Å². The van der Waals surface area contributed by atoms with Crippen LogP contribution in [0.4, 0.5) is 4.79 Å². The van der Waals surface area contributed by atoms with E-state index in [-0.39, 0.29) is 13.2 Å². The van der Waals surface area contributed by atoms with Gasteiger partial charge >= 0.3 is 6.09 Å². The third-order valence-corrected chi connectivity index (χ3v) is 1.42. The van der Waals surface area contributed by atoms with Gasteiger partial charge in [0.1, 0.15) is 5.60 Å². The second-order valence-electron chi connectivity index (χ2n) is 4.04. The van der Waals surface area contributed by atoms with Gasteiger partial charge in [-0.15, -0.1) is 0 Å². The van der Waals surface area contributed by atoms with Crippen LogP contribution in [0.3, 0.4) is 0 Å². The lowest BCUT2D eigenvalue weighted by Gasteiger charge is -2.22. The van der Waals surface area contributed by atoms with Crippen molar-refractivity contribution in [2.45, 2.75) is 38.8 Å². The van der Waals surface area contributed by atoms with Crippen molar-refractivity contribution in [3.8, 4) is 0 Å². The van der Waals surface area contributed by atoms with E-state index in [1.54, 1.807) is 20.8 Å². The molecule has 14 heavy (non-hydrogen) atoms. The number of carbonyl (C=O) groups is 1. The van der Waals surface area contributed by atoms with Gasteiger partial charge in [0.2, 0.25) is 0 Å². The van der Waals surface area contributed by atoms with E-state index in [4.69, 9.17) is 14.9 Å². The van der Waals surface area contributed by atoms with Crippen LogP contribution in [0.2, 0.25) is 0 Å². The van der Waals surface area contributed by atoms with Crippen LogP contribution in [0, 0.1) is 0 Å². The highest BCUT2D eigenvalue weighted by atomic mass is 16.6.